The SMILES string of the molecule is CC(=O)c1ccc(NC(=O)N2CCN(C(C)=O)C(C(=O)NC3CCCNC3=O)C2)cc1. The maximum Gasteiger partial charge on any atom is 0.321 e. The third-order valence-electron chi connectivity index (χ3n) is 5.52. The second kappa shape index (κ2) is 9.59. The maximum absolute atomic E-state index is 12.9. The van der Waals surface area contributed by atoms with Gasteiger partial charge in [-0.05, 0) is 44.0 Å². The Kier molecular flexibility index (Phi) is 6.88. The first kappa shape index (κ1) is 22.3. The number of piperazine rings is 1. The van der Waals surface area contributed by atoms with E-state index in [2.05, 4.69) is 16.0 Å². The molecule has 0 spiro atoms. The summed E-state index contributed by atoms with van der Waals surface area (Å²) in [5.41, 5.74) is 1.06. The van der Waals surface area contributed by atoms with Crippen molar-refractivity contribution < 1.29 is 24.0 Å². The van der Waals surface area contributed by atoms with E-state index in [9.17, 15) is 24.0 Å². The van der Waals surface area contributed by atoms with E-state index in [0.29, 0.717) is 24.2 Å². The molecule has 0 aliphatic carbocycles. The number of anilines is 1. The smallest absolute Gasteiger partial charge is 0.321 e. The number of carbonyl (C=O) groups is 5. The molecule has 3 rings (SSSR count). The molecule has 0 radical (unpaired) electrons. The lowest BCUT2D eigenvalue weighted by atomic mass is 10.1. The van der Waals surface area contributed by atoms with Gasteiger partial charge in [0, 0.05) is 37.8 Å². The molecule has 2 aliphatic rings. The van der Waals surface area contributed by atoms with E-state index in [0.717, 1.165) is 6.42 Å². The van der Waals surface area contributed by atoms with Gasteiger partial charge < -0.3 is 25.8 Å². The Hall–Kier alpha value is -3.43. The monoisotopic (exact) mass is 429 g/mol. The Morgan fingerprint density at radius 1 is 1.06 bits per heavy atom. The summed E-state index contributed by atoms with van der Waals surface area (Å²) in [5, 5.41) is 8.17. The number of hydrogen-bond donors (Lipinski definition) is 3. The van der Waals surface area contributed by atoms with Gasteiger partial charge in [0.05, 0.1) is 6.54 Å². The average molecular weight is 429 g/mol. The number of amides is 5. The van der Waals surface area contributed by atoms with Crippen molar-refractivity contribution >= 4 is 35.2 Å². The van der Waals surface area contributed by atoms with Gasteiger partial charge in [-0.2, -0.15) is 0 Å². The summed E-state index contributed by atoms with van der Waals surface area (Å²) in [4.78, 5) is 63.9. The van der Waals surface area contributed by atoms with Crippen molar-refractivity contribution in [1.82, 2.24) is 20.4 Å². The molecular weight excluding hydrogens is 402 g/mol. The van der Waals surface area contributed by atoms with Gasteiger partial charge in [-0.25, -0.2) is 4.79 Å². The van der Waals surface area contributed by atoms with Gasteiger partial charge in [-0.15, -0.1) is 0 Å². The van der Waals surface area contributed by atoms with Crippen LogP contribution in [-0.4, -0.2) is 77.6 Å². The van der Waals surface area contributed by atoms with E-state index >= 15 is 0 Å². The van der Waals surface area contributed by atoms with Crippen LogP contribution in [0.15, 0.2) is 24.3 Å². The first-order valence-electron chi connectivity index (χ1n) is 10.3. The van der Waals surface area contributed by atoms with Crippen LogP contribution < -0.4 is 16.0 Å². The summed E-state index contributed by atoms with van der Waals surface area (Å²) in [5.74, 6) is -1.04. The molecule has 2 heterocycles. The quantitative estimate of drug-likeness (QED) is 0.595. The molecule has 2 atom stereocenters. The van der Waals surface area contributed by atoms with Crippen LogP contribution in [0.2, 0.25) is 0 Å². The fourth-order valence-corrected chi connectivity index (χ4v) is 3.74. The molecule has 166 valence electrons. The van der Waals surface area contributed by atoms with Gasteiger partial charge in [-0.3, -0.25) is 19.2 Å². The Bertz CT molecular complexity index is 885. The van der Waals surface area contributed by atoms with E-state index in [4.69, 9.17) is 0 Å². The lowest BCUT2D eigenvalue weighted by molar-refractivity contribution is -0.142. The summed E-state index contributed by atoms with van der Waals surface area (Å²) in [6, 6.07) is 4.57. The van der Waals surface area contributed by atoms with E-state index in [-0.39, 0.29) is 37.2 Å². The fraction of sp³-hybridized carbons (Fsp3) is 0.476. The zero-order valence-corrected chi connectivity index (χ0v) is 17.6. The fourth-order valence-electron chi connectivity index (χ4n) is 3.74. The predicted octanol–water partition coefficient (Wildman–Crippen LogP) is 0.349. The van der Waals surface area contributed by atoms with Crippen molar-refractivity contribution in [3.63, 3.8) is 0 Å². The number of Topliss-reactive ketones (excluding diaryl/α,β-unsaturated/α-hetero) is 1. The van der Waals surface area contributed by atoms with E-state index in [1.54, 1.807) is 24.3 Å². The molecule has 3 N–H and O–H groups in total. The number of rotatable bonds is 4. The van der Waals surface area contributed by atoms with Crippen molar-refractivity contribution in [3.05, 3.63) is 29.8 Å². The number of hydrogen-bond acceptors (Lipinski definition) is 5. The second-order valence-electron chi connectivity index (χ2n) is 7.73. The number of urea groups is 1. The molecule has 10 heteroatoms. The third kappa shape index (κ3) is 5.39. The highest BCUT2D eigenvalue weighted by molar-refractivity contribution is 5.96. The zero-order chi connectivity index (χ0) is 22.5. The number of nitrogens with one attached hydrogen (secondary N) is 3. The molecule has 2 fully saturated rings. The minimum absolute atomic E-state index is 0.0110. The minimum Gasteiger partial charge on any atom is -0.354 e. The van der Waals surface area contributed by atoms with Crippen LogP contribution in [0, 0.1) is 0 Å². The van der Waals surface area contributed by atoms with Gasteiger partial charge >= 0.3 is 6.03 Å². The van der Waals surface area contributed by atoms with Crippen LogP contribution in [-0.2, 0) is 14.4 Å². The minimum atomic E-state index is -0.883. The molecule has 0 saturated carbocycles. The Morgan fingerprint density at radius 3 is 2.39 bits per heavy atom. The molecule has 1 aromatic rings. The first-order valence-corrected chi connectivity index (χ1v) is 10.3. The lowest BCUT2D eigenvalue weighted by Crippen LogP contribution is -2.63. The number of nitrogens with zero attached hydrogens (tertiary/aromatic N) is 2. The topological polar surface area (TPSA) is 128 Å². The highest BCUT2D eigenvalue weighted by Gasteiger charge is 2.37. The first-order chi connectivity index (χ1) is 14.8. The van der Waals surface area contributed by atoms with Gasteiger partial charge in [0.1, 0.15) is 12.1 Å². The summed E-state index contributed by atoms with van der Waals surface area (Å²) in [6.45, 7) is 3.91. The van der Waals surface area contributed by atoms with Gasteiger partial charge in [0.15, 0.2) is 5.78 Å². The van der Waals surface area contributed by atoms with Crippen molar-refractivity contribution in [1.29, 1.82) is 0 Å². The summed E-state index contributed by atoms with van der Waals surface area (Å²) in [7, 11) is 0. The summed E-state index contributed by atoms with van der Waals surface area (Å²) < 4.78 is 0. The summed E-state index contributed by atoms with van der Waals surface area (Å²) >= 11 is 0. The molecule has 1 aromatic carbocycles. The van der Waals surface area contributed by atoms with Crippen molar-refractivity contribution in [3.8, 4) is 0 Å². The highest BCUT2D eigenvalue weighted by atomic mass is 16.2. The number of ketones is 1. The van der Waals surface area contributed by atoms with Crippen molar-refractivity contribution in [2.24, 2.45) is 0 Å². The standard InChI is InChI=1S/C21H27N5O5/c1-13(27)15-5-7-16(8-6-15)23-21(31)25-10-11-26(14(2)28)18(12-25)20(30)24-17-4-3-9-22-19(17)29/h5-8,17-18H,3-4,9-12H2,1-2H3,(H,22,29)(H,23,31)(H,24,30). The molecule has 5 amide bonds. The lowest BCUT2D eigenvalue weighted by Gasteiger charge is -2.40. The van der Waals surface area contributed by atoms with Crippen LogP contribution in [0.4, 0.5) is 10.5 Å². The number of carbonyl (C=O) groups excluding carboxylic acids is 5. The van der Waals surface area contributed by atoms with Crippen molar-refractivity contribution in [2.75, 3.05) is 31.5 Å². The van der Waals surface area contributed by atoms with Gasteiger partial charge in [0.25, 0.3) is 0 Å². The average Bonchev–Trinajstić information content (AvgIpc) is 2.75. The number of benzene rings is 1. The predicted molar refractivity (Wildman–Crippen MR) is 112 cm³/mol. The number of piperidine rings is 1. The van der Waals surface area contributed by atoms with E-state index in [1.807, 2.05) is 0 Å². The molecule has 31 heavy (non-hydrogen) atoms. The Morgan fingerprint density at radius 2 is 1.77 bits per heavy atom. The van der Waals surface area contributed by atoms with Crippen LogP contribution in [0.3, 0.4) is 0 Å². The van der Waals surface area contributed by atoms with Crippen LogP contribution >= 0.6 is 0 Å². The van der Waals surface area contributed by atoms with Gasteiger partial charge in [-0.1, -0.05) is 0 Å². The third-order valence-corrected chi connectivity index (χ3v) is 5.52. The van der Waals surface area contributed by atoms with Crippen LogP contribution in [0.5, 0.6) is 0 Å². The largest absolute Gasteiger partial charge is 0.354 e. The van der Waals surface area contributed by atoms with E-state index < -0.39 is 24.0 Å². The Balaban J connectivity index is 1.66. The normalized spacial score (nSPS) is 21.2. The molecular formula is C21H27N5O5. The molecule has 10 nitrogen and oxygen atoms in total. The molecule has 2 unspecified atom stereocenters. The zero-order valence-electron chi connectivity index (χ0n) is 17.6. The van der Waals surface area contributed by atoms with Crippen LogP contribution in [0.25, 0.3) is 0 Å². The maximum atomic E-state index is 12.9. The molecule has 0 aromatic heterocycles. The summed E-state index contributed by atoms with van der Waals surface area (Å²) in [6.07, 6.45) is 1.29. The van der Waals surface area contributed by atoms with Crippen molar-refractivity contribution in [2.45, 2.75) is 38.8 Å². The molecule has 2 aliphatic heterocycles. The highest BCUT2D eigenvalue weighted by Crippen LogP contribution is 2.15. The van der Waals surface area contributed by atoms with E-state index in [1.165, 1.54) is 23.6 Å². The Labute approximate surface area is 180 Å². The van der Waals surface area contributed by atoms with Gasteiger partial charge in [0.2, 0.25) is 17.7 Å². The van der Waals surface area contributed by atoms with Crippen LogP contribution in [0.1, 0.15) is 37.0 Å². The second-order valence-corrected chi connectivity index (χ2v) is 7.73. The molecule has 2 saturated heterocycles. The molecule has 0 bridgehead atoms.